The third-order valence-corrected chi connectivity index (χ3v) is 1.19. The Bertz CT molecular complexity index is 223. The van der Waals surface area contributed by atoms with Crippen LogP contribution < -0.4 is 6.15 Å². The molecule has 4 nitrogen and oxygen atoms in total. The number of ether oxygens (including phenoxy) is 1. The van der Waals surface area contributed by atoms with E-state index in [1.807, 2.05) is 6.07 Å². The molecular formula is C8H13NO3. The fourth-order valence-corrected chi connectivity index (χ4v) is 0.692. The van der Waals surface area contributed by atoms with Gasteiger partial charge >= 0.3 is 5.97 Å². The first-order valence-electron chi connectivity index (χ1n) is 2.98. The Morgan fingerprint density at radius 1 is 1.25 bits per heavy atom. The van der Waals surface area contributed by atoms with Crippen molar-refractivity contribution in [2.24, 2.45) is 0 Å². The van der Waals surface area contributed by atoms with Crippen molar-refractivity contribution >= 4 is 5.97 Å². The number of rotatable bonds is 1. The van der Waals surface area contributed by atoms with Crippen LogP contribution in [0.4, 0.5) is 0 Å². The maximum Gasteiger partial charge on any atom is 0.337 e. The zero-order valence-corrected chi connectivity index (χ0v) is 6.91. The van der Waals surface area contributed by atoms with Crippen molar-refractivity contribution in [2.75, 3.05) is 7.11 Å². The van der Waals surface area contributed by atoms with Gasteiger partial charge in [-0.3, -0.25) is 0 Å². The van der Waals surface area contributed by atoms with E-state index in [1.165, 1.54) is 7.11 Å². The van der Waals surface area contributed by atoms with Crippen molar-refractivity contribution in [3.63, 3.8) is 0 Å². The summed E-state index contributed by atoms with van der Waals surface area (Å²) in [7, 11) is 1.37. The Morgan fingerprint density at radius 2 is 1.75 bits per heavy atom. The molecule has 4 heteroatoms. The van der Waals surface area contributed by atoms with E-state index in [0.717, 1.165) is 0 Å². The van der Waals surface area contributed by atoms with E-state index >= 15 is 0 Å². The number of hydrogen-bond acceptors (Lipinski definition) is 3. The van der Waals surface area contributed by atoms with Crippen molar-refractivity contribution in [3.05, 3.63) is 35.9 Å². The SMILES string of the molecule is COC(=O)c1ccccc1.N.O. The van der Waals surface area contributed by atoms with Crippen LogP contribution in [0.1, 0.15) is 10.4 Å². The fourth-order valence-electron chi connectivity index (χ4n) is 0.692. The molecule has 68 valence electrons. The zero-order chi connectivity index (χ0) is 7.40. The smallest absolute Gasteiger partial charge is 0.337 e. The van der Waals surface area contributed by atoms with Crippen molar-refractivity contribution < 1.29 is 15.0 Å². The highest BCUT2D eigenvalue weighted by atomic mass is 16.5. The van der Waals surface area contributed by atoms with Crippen LogP contribution >= 0.6 is 0 Å². The minimum atomic E-state index is -0.291. The number of carbonyl (C=O) groups is 1. The monoisotopic (exact) mass is 171 g/mol. The standard InChI is InChI=1S/C8H8O2.H3N.H2O/c1-10-8(9)7-5-3-2-4-6-7;;/h2-6H,1H3;1H3;1H2. The molecule has 0 spiro atoms. The molecule has 0 aromatic heterocycles. The Morgan fingerprint density at radius 3 is 2.17 bits per heavy atom. The van der Waals surface area contributed by atoms with Gasteiger partial charge in [0.1, 0.15) is 0 Å². The minimum absolute atomic E-state index is 0. The van der Waals surface area contributed by atoms with Crippen LogP contribution in [0.3, 0.4) is 0 Å². The van der Waals surface area contributed by atoms with Gasteiger partial charge in [0.25, 0.3) is 0 Å². The molecule has 0 unspecified atom stereocenters. The number of esters is 1. The van der Waals surface area contributed by atoms with E-state index in [2.05, 4.69) is 4.74 Å². The minimum Gasteiger partial charge on any atom is -0.465 e. The lowest BCUT2D eigenvalue weighted by Gasteiger charge is -1.95. The molecule has 0 amide bonds. The molecule has 0 saturated carbocycles. The summed E-state index contributed by atoms with van der Waals surface area (Å²) in [4.78, 5) is 10.8. The summed E-state index contributed by atoms with van der Waals surface area (Å²) in [5.41, 5.74) is 0.588. The van der Waals surface area contributed by atoms with Crippen molar-refractivity contribution in [1.29, 1.82) is 0 Å². The zero-order valence-electron chi connectivity index (χ0n) is 6.91. The molecule has 1 rings (SSSR count). The van der Waals surface area contributed by atoms with Gasteiger partial charge in [-0.1, -0.05) is 18.2 Å². The summed E-state index contributed by atoms with van der Waals surface area (Å²) in [5.74, 6) is -0.291. The summed E-state index contributed by atoms with van der Waals surface area (Å²) in [5, 5.41) is 0. The highest BCUT2D eigenvalue weighted by Crippen LogP contribution is 1.98. The lowest BCUT2D eigenvalue weighted by molar-refractivity contribution is 0.0601. The average Bonchev–Trinajstić information content (AvgIpc) is 2.05. The lowest BCUT2D eigenvalue weighted by Crippen LogP contribution is -1.99. The number of benzene rings is 1. The van der Waals surface area contributed by atoms with E-state index in [0.29, 0.717) is 5.56 Å². The van der Waals surface area contributed by atoms with Gasteiger partial charge in [0, 0.05) is 0 Å². The summed E-state index contributed by atoms with van der Waals surface area (Å²) in [6.07, 6.45) is 0. The highest BCUT2D eigenvalue weighted by Gasteiger charge is 2.00. The normalized spacial score (nSPS) is 7.42. The quantitative estimate of drug-likeness (QED) is 0.633. The first-order valence-corrected chi connectivity index (χ1v) is 2.98. The van der Waals surface area contributed by atoms with Gasteiger partial charge in [0.15, 0.2) is 0 Å². The highest BCUT2D eigenvalue weighted by molar-refractivity contribution is 5.89. The van der Waals surface area contributed by atoms with Crippen molar-refractivity contribution in [3.8, 4) is 0 Å². The van der Waals surface area contributed by atoms with E-state index < -0.39 is 0 Å². The summed E-state index contributed by atoms with van der Waals surface area (Å²) >= 11 is 0. The third-order valence-electron chi connectivity index (χ3n) is 1.19. The van der Waals surface area contributed by atoms with Gasteiger partial charge in [0.2, 0.25) is 0 Å². The third kappa shape index (κ3) is 3.14. The van der Waals surface area contributed by atoms with Gasteiger partial charge in [-0.05, 0) is 12.1 Å². The maximum absolute atomic E-state index is 10.8. The molecule has 0 heterocycles. The van der Waals surface area contributed by atoms with E-state index in [-0.39, 0.29) is 17.6 Å². The molecule has 0 bridgehead atoms. The van der Waals surface area contributed by atoms with Crippen LogP contribution in [0.25, 0.3) is 0 Å². The van der Waals surface area contributed by atoms with Gasteiger partial charge < -0.3 is 16.4 Å². The second-order valence-electron chi connectivity index (χ2n) is 1.86. The Labute approximate surface area is 71.1 Å². The van der Waals surface area contributed by atoms with Gasteiger partial charge in [-0.15, -0.1) is 0 Å². The molecule has 0 aliphatic rings. The van der Waals surface area contributed by atoms with Crippen LogP contribution in [0, 0.1) is 0 Å². The van der Waals surface area contributed by atoms with Crippen LogP contribution in [0.15, 0.2) is 30.3 Å². The predicted octanol–water partition coefficient (Wildman–Crippen LogP) is 0.810. The molecule has 5 N–H and O–H groups in total. The number of hydrogen-bond donors (Lipinski definition) is 1. The number of carbonyl (C=O) groups excluding carboxylic acids is 1. The topological polar surface area (TPSA) is 92.8 Å². The van der Waals surface area contributed by atoms with Crippen LogP contribution in [0.2, 0.25) is 0 Å². The predicted molar refractivity (Wildman–Crippen MR) is 46.4 cm³/mol. The second-order valence-corrected chi connectivity index (χ2v) is 1.86. The summed E-state index contributed by atoms with van der Waals surface area (Å²) < 4.78 is 4.50. The molecule has 0 atom stereocenters. The van der Waals surface area contributed by atoms with Crippen molar-refractivity contribution in [1.82, 2.24) is 6.15 Å². The first kappa shape index (κ1) is 13.2. The molecule has 12 heavy (non-hydrogen) atoms. The summed E-state index contributed by atoms with van der Waals surface area (Å²) in [6, 6.07) is 8.88. The van der Waals surface area contributed by atoms with Crippen LogP contribution in [-0.4, -0.2) is 18.6 Å². The van der Waals surface area contributed by atoms with Crippen LogP contribution in [-0.2, 0) is 4.74 Å². The maximum atomic E-state index is 10.8. The van der Waals surface area contributed by atoms with Gasteiger partial charge in [0.05, 0.1) is 12.7 Å². The lowest BCUT2D eigenvalue weighted by atomic mass is 10.2. The second kappa shape index (κ2) is 6.33. The molecule has 1 aromatic carbocycles. The molecule has 0 saturated heterocycles. The van der Waals surface area contributed by atoms with Gasteiger partial charge in [-0.25, -0.2) is 4.79 Å². The van der Waals surface area contributed by atoms with Crippen molar-refractivity contribution in [2.45, 2.75) is 0 Å². The van der Waals surface area contributed by atoms with E-state index in [9.17, 15) is 4.79 Å². The molecule has 0 fully saturated rings. The molecule has 1 aromatic rings. The molecular weight excluding hydrogens is 158 g/mol. The number of methoxy groups -OCH3 is 1. The Balaban J connectivity index is 0. The first-order chi connectivity index (χ1) is 4.84. The largest absolute Gasteiger partial charge is 0.465 e. The van der Waals surface area contributed by atoms with Crippen LogP contribution in [0.5, 0.6) is 0 Å². The average molecular weight is 171 g/mol. The molecule has 0 radical (unpaired) electrons. The Kier molecular flexibility index (Phi) is 6.97. The van der Waals surface area contributed by atoms with E-state index in [4.69, 9.17) is 0 Å². The summed E-state index contributed by atoms with van der Waals surface area (Å²) in [6.45, 7) is 0. The molecule has 0 aliphatic heterocycles. The molecule has 0 aliphatic carbocycles. The van der Waals surface area contributed by atoms with Gasteiger partial charge in [-0.2, -0.15) is 0 Å². The Hall–Kier alpha value is -1.39. The fraction of sp³-hybridized carbons (Fsp3) is 0.125. The van der Waals surface area contributed by atoms with E-state index in [1.54, 1.807) is 24.3 Å².